The number of rotatable bonds is 4. The van der Waals surface area contributed by atoms with Gasteiger partial charge in [-0.15, -0.1) is 0 Å². The average molecular weight is 286 g/mol. The van der Waals surface area contributed by atoms with E-state index in [1.165, 1.54) is 0 Å². The van der Waals surface area contributed by atoms with Crippen LogP contribution in [-0.4, -0.2) is 30.1 Å². The van der Waals surface area contributed by atoms with Crippen molar-refractivity contribution in [2.45, 2.75) is 36.8 Å². The second kappa shape index (κ2) is 5.34. The molecule has 6 nitrogen and oxygen atoms in total. The topological polar surface area (TPSA) is 88.4 Å². The van der Waals surface area contributed by atoms with Gasteiger partial charge in [-0.25, -0.2) is 13.1 Å². The summed E-state index contributed by atoms with van der Waals surface area (Å²) in [4.78, 5) is 10.8. The predicted molar refractivity (Wildman–Crippen MR) is 69.1 cm³/mol. The molecule has 0 saturated heterocycles. The van der Waals surface area contributed by atoms with Gasteiger partial charge in [0.2, 0.25) is 0 Å². The molecule has 0 amide bonds. The number of sulfonamides is 1. The van der Waals surface area contributed by atoms with Crippen LogP contribution in [0.3, 0.4) is 0 Å². The molecule has 1 aromatic rings. The maximum Gasteiger partial charge on any atom is 0.306 e. The highest BCUT2D eigenvalue weighted by Gasteiger charge is 2.29. The summed E-state index contributed by atoms with van der Waals surface area (Å²) >= 11 is 0. The number of hydrogen-bond donors (Lipinski definition) is 2. The van der Waals surface area contributed by atoms with E-state index in [0.29, 0.717) is 25.7 Å². The minimum atomic E-state index is -3.52. The number of aliphatic carboxylic acids is 1. The van der Waals surface area contributed by atoms with Gasteiger partial charge in [-0.1, -0.05) is 0 Å². The van der Waals surface area contributed by atoms with Crippen molar-refractivity contribution >= 4 is 16.0 Å². The number of nitrogens with one attached hydrogen (secondary N) is 1. The van der Waals surface area contributed by atoms with Crippen LogP contribution in [0.5, 0.6) is 0 Å². The van der Waals surface area contributed by atoms with Crippen LogP contribution in [0, 0.1) is 5.92 Å². The third-order valence-corrected chi connectivity index (χ3v) is 5.19. The maximum atomic E-state index is 12.1. The summed E-state index contributed by atoms with van der Waals surface area (Å²) in [5, 5.41) is 9.13. The van der Waals surface area contributed by atoms with Gasteiger partial charge in [0.05, 0.1) is 5.92 Å². The largest absolute Gasteiger partial charge is 0.481 e. The molecule has 0 spiro atoms. The predicted octanol–water partition coefficient (Wildman–Crippen LogP) is 0.947. The number of carboxylic acids is 1. The fraction of sp³-hybridized carbons (Fsp3) is 0.583. The van der Waals surface area contributed by atoms with Crippen molar-refractivity contribution in [2.24, 2.45) is 13.0 Å². The first-order valence-corrected chi connectivity index (χ1v) is 7.75. The van der Waals surface area contributed by atoms with Crippen LogP contribution >= 0.6 is 0 Å². The van der Waals surface area contributed by atoms with E-state index in [2.05, 4.69) is 4.72 Å². The molecule has 1 saturated carbocycles. The van der Waals surface area contributed by atoms with Crippen molar-refractivity contribution in [3.8, 4) is 0 Å². The Morgan fingerprint density at radius 3 is 2.47 bits per heavy atom. The van der Waals surface area contributed by atoms with Gasteiger partial charge in [-0.05, 0) is 37.8 Å². The smallest absolute Gasteiger partial charge is 0.306 e. The monoisotopic (exact) mass is 286 g/mol. The van der Waals surface area contributed by atoms with Crippen LogP contribution in [0.15, 0.2) is 23.4 Å². The lowest BCUT2D eigenvalue weighted by molar-refractivity contribution is -0.142. The second-order valence-electron chi connectivity index (χ2n) is 4.97. The molecule has 0 bridgehead atoms. The third-order valence-electron chi connectivity index (χ3n) is 3.57. The second-order valence-corrected chi connectivity index (χ2v) is 6.63. The highest BCUT2D eigenvalue weighted by molar-refractivity contribution is 7.89. The molecule has 1 aliphatic rings. The zero-order valence-electron chi connectivity index (χ0n) is 10.7. The molecule has 0 aromatic carbocycles. The van der Waals surface area contributed by atoms with Gasteiger partial charge < -0.3 is 9.67 Å². The first-order chi connectivity index (χ1) is 8.90. The molecule has 1 fully saturated rings. The van der Waals surface area contributed by atoms with Gasteiger partial charge in [0.25, 0.3) is 10.0 Å². The molecule has 2 rings (SSSR count). The summed E-state index contributed by atoms with van der Waals surface area (Å²) in [7, 11) is -1.84. The molecule has 1 aromatic heterocycles. The van der Waals surface area contributed by atoms with Gasteiger partial charge in [-0.2, -0.15) is 0 Å². The summed E-state index contributed by atoms with van der Waals surface area (Å²) in [5.41, 5.74) is 0. The number of hydrogen-bond acceptors (Lipinski definition) is 3. The van der Waals surface area contributed by atoms with Crippen LogP contribution in [0.2, 0.25) is 0 Å². The molecular formula is C12H18N2O4S. The number of carbonyl (C=O) groups is 1. The molecule has 0 aliphatic heterocycles. The van der Waals surface area contributed by atoms with Crippen molar-refractivity contribution in [3.63, 3.8) is 0 Å². The zero-order valence-corrected chi connectivity index (χ0v) is 11.6. The quantitative estimate of drug-likeness (QED) is 0.862. The lowest BCUT2D eigenvalue weighted by atomic mass is 9.87. The normalized spacial score (nSPS) is 24.3. The van der Waals surface area contributed by atoms with E-state index < -0.39 is 16.0 Å². The lowest BCUT2D eigenvalue weighted by Gasteiger charge is -2.26. The summed E-state index contributed by atoms with van der Waals surface area (Å²) in [6.45, 7) is 0. The minimum absolute atomic E-state index is 0.171. The zero-order chi connectivity index (χ0) is 14.0. The van der Waals surface area contributed by atoms with E-state index in [9.17, 15) is 13.2 Å². The van der Waals surface area contributed by atoms with Gasteiger partial charge in [0, 0.05) is 19.3 Å². The fourth-order valence-electron chi connectivity index (χ4n) is 2.46. The SMILES string of the molecule is Cn1cccc1S(=O)(=O)NC1CCC(C(=O)O)CC1. The van der Waals surface area contributed by atoms with Crippen LogP contribution < -0.4 is 4.72 Å². The molecular weight excluding hydrogens is 268 g/mol. The Balaban J connectivity index is 2.00. The summed E-state index contributed by atoms with van der Waals surface area (Å²) in [6.07, 6.45) is 3.86. The molecule has 0 radical (unpaired) electrons. The maximum absolute atomic E-state index is 12.1. The van der Waals surface area contributed by atoms with Gasteiger partial charge in [-0.3, -0.25) is 4.79 Å². The van der Waals surface area contributed by atoms with E-state index in [1.807, 2.05) is 0 Å². The van der Waals surface area contributed by atoms with E-state index in [0.717, 1.165) is 0 Å². The van der Waals surface area contributed by atoms with Crippen LogP contribution in [0.1, 0.15) is 25.7 Å². The van der Waals surface area contributed by atoms with Crippen LogP contribution in [0.4, 0.5) is 0 Å². The van der Waals surface area contributed by atoms with Gasteiger partial charge in [0.1, 0.15) is 5.03 Å². The molecule has 0 unspecified atom stereocenters. The fourth-order valence-corrected chi connectivity index (χ4v) is 3.96. The third kappa shape index (κ3) is 3.16. The highest BCUT2D eigenvalue weighted by Crippen LogP contribution is 2.25. The van der Waals surface area contributed by atoms with Crippen molar-refractivity contribution in [3.05, 3.63) is 18.3 Å². The Hall–Kier alpha value is -1.34. The van der Waals surface area contributed by atoms with Crippen LogP contribution in [-0.2, 0) is 21.9 Å². The first-order valence-electron chi connectivity index (χ1n) is 6.26. The number of carboxylic acid groups (broad SMARTS) is 1. The molecule has 19 heavy (non-hydrogen) atoms. The summed E-state index contributed by atoms with van der Waals surface area (Å²) < 4.78 is 28.5. The van der Waals surface area contributed by atoms with Crippen molar-refractivity contribution in [2.75, 3.05) is 0 Å². The molecule has 7 heteroatoms. The Bertz CT molecular complexity index is 556. The lowest BCUT2D eigenvalue weighted by Crippen LogP contribution is -2.39. The summed E-state index contributed by atoms with van der Waals surface area (Å²) in [6, 6.07) is 3.05. The molecule has 106 valence electrons. The van der Waals surface area contributed by atoms with E-state index in [4.69, 9.17) is 5.11 Å². The van der Waals surface area contributed by atoms with Gasteiger partial charge in [0.15, 0.2) is 0 Å². The molecule has 2 N–H and O–H groups in total. The standard InChI is InChI=1S/C12H18N2O4S/c1-14-8-2-3-11(14)19(17,18)13-10-6-4-9(5-7-10)12(15)16/h2-3,8-10,13H,4-7H2,1H3,(H,15,16). The summed E-state index contributed by atoms with van der Waals surface area (Å²) in [5.74, 6) is -1.13. The van der Waals surface area contributed by atoms with E-state index >= 15 is 0 Å². The van der Waals surface area contributed by atoms with Gasteiger partial charge >= 0.3 is 5.97 Å². The molecule has 1 aliphatic carbocycles. The highest BCUT2D eigenvalue weighted by atomic mass is 32.2. The van der Waals surface area contributed by atoms with Crippen molar-refractivity contribution in [1.29, 1.82) is 0 Å². The Kier molecular flexibility index (Phi) is 3.96. The number of nitrogens with zero attached hydrogens (tertiary/aromatic N) is 1. The Labute approximate surface area is 112 Å². The van der Waals surface area contributed by atoms with Crippen molar-refractivity contribution in [1.82, 2.24) is 9.29 Å². The van der Waals surface area contributed by atoms with E-state index in [1.54, 1.807) is 29.9 Å². The number of aryl methyl sites for hydroxylation is 1. The van der Waals surface area contributed by atoms with Crippen LogP contribution in [0.25, 0.3) is 0 Å². The molecule has 0 atom stereocenters. The number of aromatic nitrogens is 1. The van der Waals surface area contributed by atoms with Crippen molar-refractivity contribution < 1.29 is 18.3 Å². The van der Waals surface area contributed by atoms with E-state index in [-0.39, 0.29) is 17.0 Å². The average Bonchev–Trinajstić information content (AvgIpc) is 2.76. The minimum Gasteiger partial charge on any atom is -0.481 e. The Morgan fingerprint density at radius 2 is 2.00 bits per heavy atom. The first kappa shape index (κ1) is 14.1. The Morgan fingerprint density at radius 1 is 1.37 bits per heavy atom. The molecule has 1 heterocycles.